The maximum atomic E-state index is 4.38. The topological polar surface area (TPSA) is 42.7 Å². The summed E-state index contributed by atoms with van der Waals surface area (Å²) in [5.41, 5.74) is 2.22. The summed E-state index contributed by atoms with van der Waals surface area (Å²) < 4.78 is 3.07. The van der Waals surface area contributed by atoms with Gasteiger partial charge in [-0.15, -0.1) is 0 Å². The predicted octanol–water partition coefficient (Wildman–Crippen LogP) is 2.59. The minimum atomic E-state index is 0.476. The molecule has 2 aromatic heterocycles. The first-order valence-corrected chi connectivity index (χ1v) is 6.76. The van der Waals surface area contributed by atoms with Crippen LogP contribution < -0.4 is 5.32 Å². The predicted molar refractivity (Wildman–Crippen MR) is 75.2 cm³/mol. The van der Waals surface area contributed by atoms with E-state index in [2.05, 4.69) is 61.9 Å². The number of hydrogen-bond acceptors (Lipinski definition) is 3. The molecule has 96 valence electrons. The highest BCUT2D eigenvalue weighted by Gasteiger charge is 2.01. The van der Waals surface area contributed by atoms with Crippen LogP contribution in [0.1, 0.15) is 25.1 Å². The number of hydrogen-bond donors (Lipinski definition) is 1. The van der Waals surface area contributed by atoms with E-state index in [1.807, 2.05) is 12.5 Å². The van der Waals surface area contributed by atoms with E-state index in [0.29, 0.717) is 6.04 Å². The van der Waals surface area contributed by atoms with Crippen molar-refractivity contribution in [1.82, 2.24) is 19.9 Å². The third-order valence-corrected chi connectivity index (χ3v) is 2.94. The molecule has 0 aliphatic carbocycles. The molecule has 1 N–H and O–H groups in total. The Morgan fingerprint density at radius 2 is 2.22 bits per heavy atom. The first-order valence-electron chi connectivity index (χ1n) is 5.97. The van der Waals surface area contributed by atoms with E-state index in [9.17, 15) is 0 Å². The average Bonchev–Trinajstić information content (AvgIpc) is 2.74. The van der Waals surface area contributed by atoms with Crippen LogP contribution in [0.4, 0.5) is 0 Å². The third-order valence-electron chi connectivity index (χ3n) is 2.50. The molecule has 18 heavy (non-hydrogen) atoms. The lowest BCUT2D eigenvalue weighted by Crippen LogP contribution is -2.21. The molecule has 5 heteroatoms. The Bertz CT molecular complexity index is 507. The zero-order valence-corrected chi connectivity index (χ0v) is 12.2. The molecule has 0 bridgehead atoms. The number of nitrogens with zero attached hydrogens (tertiary/aromatic N) is 3. The average molecular weight is 309 g/mol. The standard InChI is InChI=1S/C13H17BrN4/c1-10(2)16-6-13-8-18(9-17-13)7-11-3-12(14)5-15-4-11/h3-5,8-10,16H,6-7H2,1-2H3. The number of aromatic nitrogens is 3. The van der Waals surface area contributed by atoms with Gasteiger partial charge in [-0.05, 0) is 27.6 Å². The largest absolute Gasteiger partial charge is 0.333 e. The lowest BCUT2D eigenvalue weighted by atomic mass is 10.3. The molecule has 2 rings (SSSR count). The lowest BCUT2D eigenvalue weighted by molar-refractivity contribution is 0.582. The van der Waals surface area contributed by atoms with Gasteiger partial charge in [-0.2, -0.15) is 0 Å². The van der Waals surface area contributed by atoms with Crippen molar-refractivity contribution in [2.24, 2.45) is 0 Å². The zero-order chi connectivity index (χ0) is 13.0. The van der Waals surface area contributed by atoms with Gasteiger partial charge >= 0.3 is 0 Å². The van der Waals surface area contributed by atoms with Crippen LogP contribution in [-0.2, 0) is 13.1 Å². The van der Waals surface area contributed by atoms with Crippen molar-refractivity contribution in [3.63, 3.8) is 0 Å². The normalized spacial score (nSPS) is 11.1. The van der Waals surface area contributed by atoms with Gasteiger partial charge in [0.25, 0.3) is 0 Å². The Labute approximate surface area is 116 Å². The summed E-state index contributed by atoms with van der Waals surface area (Å²) in [6, 6.07) is 2.54. The molecule has 0 aliphatic rings. The smallest absolute Gasteiger partial charge is 0.0953 e. The summed E-state index contributed by atoms with van der Waals surface area (Å²) in [7, 11) is 0. The molecule has 4 nitrogen and oxygen atoms in total. The van der Waals surface area contributed by atoms with E-state index in [4.69, 9.17) is 0 Å². The van der Waals surface area contributed by atoms with Crippen LogP contribution in [0.25, 0.3) is 0 Å². The van der Waals surface area contributed by atoms with Crippen molar-refractivity contribution in [3.05, 3.63) is 46.7 Å². The summed E-state index contributed by atoms with van der Waals surface area (Å²) in [6.07, 6.45) is 7.58. The molecule has 0 saturated carbocycles. The fourth-order valence-corrected chi connectivity index (χ4v) is 2.06. The van der Waals surface area contributed by atoms with Crippen molar-refractivity contribution in [1.29, 1.82) is 0 Å². The lowest BCUT2D eigenvalue weighted by Gasteiger charge is -2.05. The monoisotopic (exact) mass is 308 g/mol. The van der Waals surface area contributed by atoms with Crippen molar-refractivity contribution in [2.45, 2.75) is 33.0 Å². The Balaban J connectivity index is 1.98. The first-order chi connectivity index (χ1) is 8.63. The Hall–Kier alpha value is -1.20. The molecule has 0 aliphatic heterocycles. The number of imidazole rings is 1. The zero-order valence-electron chi connectivity index (χ0n) is 10.6. The van der Waals surface area contributed by atoms with Crippen LogP contribution in [0.3, 0.4) is 0 Å². The van der Waals surface area contributed by atoms with Crippen molar-refractivity contribution < 1.29 is 0 Å². The van der Waals surface area contributed by atoms with E-state index < -0.39 is 0 Å². The van der Waals surface area contributed by atoms with Gasteiger partial charge in [-0.3, -0.25) is 4.98 Å². The highest BCUT2D eigenvalue weighted by Crippen LogP contribution is 2.11. The van der Waals surface area contributed by atoms with Crippen LogP contribution in [0.2, 0.25) is 0 Å². The molecule has 0 atom stereocenters. The van der Waals surface area contributed by atoms with E-state index in [1.165, 1.54) is 0 Å². The van der Waals surface area contributed by atoms with E-state index in [-0.39, 0.29) is 0 Å². The molecule has 2 heterocycles. The second kappa shape index (κ2) is 6.11. The maximum absolute atomic E-state index is 4.38. The molecule has 0 amide bonds. The number of halogens is 1. The number of pyridine rings is 1. The van der Waals surface area contributed by atoms with Crippen LogP contribution in [-0.4, -0.2) is 20.6 Å². The summed E-state index contributed by atoms with van der Waals surface area (Å²) in [4.78, 5) is 8.53. The van der Waals surface area contributed by atoms with Gasteiger partial charge in [-0.1, -0.05) is 13.8 Å². The van der Waals surface area contributed by atoms with Gasteiger partial charge in [0.2, 0.25) is 0 Å². The Morgan fingerprint density at radius 3 is 2.94 bits per heavy atom. The second-order valence-corrected chi connectivity index (χ2v) is 5.50. The molecule has 0 aromatic carbocycles. The number of nitrogens with one attached hydrogen (secondary N) is 1. The van der Waals surface area contributed by atoms with E-state index >= 15 is 0 Å². The molecule has 0 unspecified atom stereocenters. The molecular formula is C13H17BrN4. The summed E-state index contributed by atoms with van der Waals surface area (Å²) in [5, 5.41) is 3.35. The van der Waals surface area contributed by atoms with Crippen molar-refractivity contribution in [3.8, 4) is 0 Å². The van der Waals surface area contributed by atoms with Crippen LogP contribution in [0.15, 0.2) is 35.5 Å². The summed E-state index contributed by atoms with van der Waals surface area (Å²) in [6.45, 7) is 5.86. The van der Waals surface area contributed by atoms with Gasteiger partial charge in [0.1, 0.15) is 0 Å². The summed E-state index contributed by atoms with van der Waals surface area (Å²) in [5.74, 6) is 0. The maximum Gasteiger partial charge on any atom is 0.0953 e. The van der Waals surface area contributed by atoms with Crippen LogP contribution >= 0.6 is 15.9 Å². The van der Waals surface area contributed by atoms with E-state index in [1.54, 1.807) is 6.20 Å². The van der Waals surface area contributed by atoms with E-state index in [0.717, 1.165) is 28.8 Å². The molecule has 0 saturated heterocycles. The molecule has 2 aromatic rings. The first kappa shape index (κ1) is 13.2. The Morgan fingerprint density at radius 1 is 1.39 bits per heavy atom. The van der Waals surface area contributed by atoms with Crippen LogP contribution in [0.5, 0.6) is 0 Å². The van der Waals surface area contributed by atoms with Gasteiger partial charge in [-0.25, -0.2) is 4.98 Å². The fraction of sp³-hybridized carbons (Fsp3) is 0.385. The van der Waals surface area contributed by atoms with Gasteiger partial charge in [0.15, 0.2) is 0 Å². The van der Waals surface area contributed by atoms with Crippen molar-refractivity contribution in [2.75, 3.05) is 0 Å². The quantitative estimate of drug-likeness (QED) is 0.923. The molecular weight excluding hydrogens is 292 g/mol. The van der Waals surface area contributed by atoms with Gasteiger partial charge in [0.05, 0.1) is 18.6 Å². The Kier molecular flexibility index (Phi) is 4.49. The second-order valence-electron chi connectivity index (χ2n) is 4.58. The summed E-state index contributed by atoms with van der Waals surface area (Å²) >= 11 is 3.42. The fourth-order valence-electron chi connectivity index (χ4n) is 1.65. The highest BCUT2D eigenvalue weighted by molar-refractivity contribution is 9.10. The molecule has 0 radical (unpaired) electrons. The SMILES string of the molecule is CC(C)NCc1cn(Cc2cncc(Br)c2)cn1. The minimum absolute atomic E-state index is 0.476. The van der Waals surface area contributed by atoms with Crippen molar-refractivity contribution >= 4 is 15.9 Å². The minimum Gasteiger partial charge on any atom is -0.333 e. The highest BCUT2D eigenvalue weighted by atomic mass is 79.9. The molecule has 0 spiro atoms. The third kappa shape index (κ3) is 3.92. The van der Waals surface area contributed by atoms with Gasteiger partial charge < -0.3 is 9.88 Å². The molecule has 0 fully saturated rings. The van der Waals surface area contributed by atoms with Gasteiger partial charge in [0, 0.05) is 35.6 Å². The number of rotatable bonds is 5. The van der Waals surface area contributed by atoms with Crippen LogP contribution in [0, 0.1) is 0 Å².